The number of benzene rings is 2. The minimum Gasteiger partial charge on any atom is -0.494 e. The van der Waals surface area contributed by atoms with Gasteiger partial charge in [-0.15, -0.1) is 0 Å². The van der Waals surface area contributed by atoms with Crippen molar-refractivity contribution in [2.75, 3.05) is 6.61 Å². The molecule has 5 heteroatoms. The first kappa shape index (κ1) is 18.8. The maximum absolute atomic E-state index is 13.3. The van der Waals surface area contributed by atoms with Gasteiger partial charge in [0.15, 0.2) is 5.70 Å². The first-order valence-electron chi connectivity index (χ1n) is 9.17. The fourth-order valence-corrected chi connectivity index (χ4v) is 2.69. The van der Waals surface area contributed by atoms with Crippen LogP contribution in [-0.2, 0) is 9.53 Å². The Kier molecular flexibility index (Phi) is 6.36. The van der Waals surface area contributed by atoms with E-state index in [1.807, 2.05) is 24.3 Å². The number of hydrogen-bond donors (Lipinski definition) is 0. The zero-order chi connectivity index (χ0) is 19.1. The third kappa shape index (κ3) is 5.26. The predicted octanol–water partition coefficient (Wildman–Crippen LogP) is 5.13. The van der Waals surface area contributed by atoms with Gasteiger partial charge in [0.05, 0.1) is 6.61 Å². The first-order valence-corrected chi connectivity index (χ1v) is 9.17. The van der Waals surface area contributed by atoms with Gasteiger partial charge in [-0.1, -0.05) is 44.4 Å². The molecule has 0 aromatic heterocycles. The highest BCUT2D eigenvalue weighted by molar-refractivity contribution is 6.12. The van der Waals surface area contributed by atoms with Gasteiger partial charge in [0.1, 0.15) is 11.6 Å². The van der Waals surface area contributed by atoms with Crippen LogP contribution in [0.3, 0.4) is 0 Å². The number of cyclic esters (lactones) is 1. The van der Waals surface area contributed by atoms with Crippen LogP contribution in [0.2, 0.25) is 0 Å². The fraction of sp³-hybridized carbons (Fsp3) is 0.273. The van der Waals surface area contributed by atoms with E-state index in [-0.39, 0.29) is 11.6 Å². The Hall–Kier alpha value is -2.95. The molecular weight excluding hydrogens is 345 g/mol. The van der Waals surface area contributed by atoms with E-state index in [1.165, 1.54) is 31.4 Å². The molecule has 1 aliphatic heterocycles. The van der Waals surface area contributed by atoms with Crippen molar-refractivity contribution in [3.8, 4) is 5.75 Å². The van der Waals surface area contributed by atoms with Crippen LogP contribution in [0.1, 0.15) is 43.7 Å². The van der Waals surface area contributed by atoms with Crippen molar-refractivity contribution in [2.24, 2.45) is 4.99 Å². The summed E-state index contributed by atoms with van der Waals surface area (Å²) in [6.07, 6.45) is 6.29. The van der Waals surface area contributed by atoms with Gasteiger partial charge in [0, 0.05) is 5.56 Å². The van der Waals surface area contributed by atoms with E-state index in [0.717, 1.165) is 17.7 Å². The molecule has 0 saturated carbocycles. The van der Waals surface area contributed by atoms with Crippen molar-refractivity contribution in [3.05, 3.63) is 71.2 Å². The lowest BCUT2D eigenvalue weighted by Crippen LogP contribution is -2.05. The number of rotatable bonds is 8. The second-order valence-electron chi connectivity index (χ2n) is 6.32. The number of hydrogen-bond acceptors (Lipinski definition) is 4. The topological polar surface area (TPSA) is 47.9 Å². The zero-order valence-corrected chi connectivity index (χ0v) is 15.3. The van der Waals surface area contributed by atoms with Crippen molar-refractivity contribution < 1.29 is 18.7 Å². The van der Waals surface area contributed by atoms with Gasteiger partial charge in [0.25, 0.3) is 0 Å². The Labute approximate surface area is 158 Å². The Morgan fingerprint density at radius 3 is 2.67 bits per heavy atom. The standard InChI is InChI=1S/C22H22FNO3/c1-2-3-4-5-13-26-19-11-9-16(10-12-19)14-20-22(25)27-21(24-20)17-7-6-8-18(23)15-17/h6-12,14-15H,2-5,13H2,1H3/b20-14-. The summed E-state index contributed by atoms with van der Waals surface area (Å²) in [5, 5.41) is 0. The van der Waals surface area contributed by atoms with Crippen molar-refractivity contribution in [1.29, 1.82) is 0 Å². The molecule has 0 atom stereocenters. The monoisotopic (exact) mass is 367 g/mol. The number of ether oxygens (including phenoxy) is 2. The summed E-state index contributed by atoms with van der Waals surface area (Å²) in [6, 6.07) is 13.2. The van der Waals surface area contributed by atoms with E-state index < -0.39 is 11.8 Å². The van der Waals surface area contributed by atoms with Crippen molar-refractivity contribution >= 4 is 17.9 Å². The number of unbranched alkanes of at least 4 members (excludes halogenated alkanes) is 3. The molecule has 4 nitrogen and oxygen atoms in total. The van der Waals surface area contributed by atoms with Crippen LogP contribution in [0.25, 0.3) is 6.08 Å². The quantitative estimate of drug-likeness (QED) is 0.369. The second-order valence-corrected chi connectivity index (χ2v) is 6.32. The Balaban J connectivity index is 1.64. The van der Waals surface area contributed by atoms with Crippen LogP contribution >= 0.6 is 0 Å². The van der Waals surface area contributed by atoms with E-state index in [1.54, 1.807) is 18.2 Å². The maximum Gasteiger partial charge on any atom is 0.363 e. The molecule has 27 heavy (non-hydrogen) atoms. The van der Waals surface area contributed by atoms with E-state index in [2.05, 4.69) is 11.9 Å². The van der Waals surface area contributed by atoms with Gasteiger partial charge in [-0.05, 0) is 48.4 Å². The SMILES string of the molecule is CCCCCCOc1ccc(/C=C2\N=C(c3cccc(F)c3)OC2=O)cc1. The normalized spacial score (nSPS) is 15.0. The van der Waals surface area contributed by atoms with Crippen LogP contribution in [0.5, 0.6) is 5.75 Å². The minimum atomic E-state index is -0.550. The van der Waals surface area contributed by atoms with Gasteiger partial charge >= 0.3 is 5.97 Å². The highest BCUT2D eigenvalue weighted by atomic mass is 19.1. The molecule has 2 aromatic carbocycles. The largest absolute Gasteiger partial charge is 0.494 e. The van der Waals surface area contributed by atoms with Gasteiger partial charge in [-0.25, -0.2) is 14.2 Å². The average Bonchev–Trinajstić information content (AvgIpc) is 3.03. The minimum absolute atomic E-state index is 0.109. The third-order valence-electron chi connectivity index (χ3n) is 4.14. The Morgan fingerprint density at radius 1 is 1.11 bits per heavy atom. The average molecular weight is 367 g/mol. The number of esters is 1. The van der Waals surface area contributed by atoms with Gasteiger partial charge in [0.2, 0.25) is 5.90 Å². The molecule has 1 aliphatic rings. The maximum atomic E-state index is 13.3. The van der Waals surface area contributed by atoms with Crippen molar-refractivity contribution in [3.63, 3.8) is 0 Å². The summed E-state index contributed by atoms with van der Waals surface area (Å²) in [5.41, 5.74) is 1.42. The van der Waals surface area contributed by atoms with E-state index in [9.17, 15) is 9.18 Å². The lowest BCUT2D eigenvalue weighted by molar-refractivity contribution is -0.129. The number of carbonyl (C=O) groups excluding carboxylic acids is 1. The summed E-state index contributed by atoms with van der Waals surface area (Å²) in [6.45, 7) is 2.88. The molecule has 0 fully saturated rings. The van der Waals surface area contributed by atoms with Crippen LogP contribution in [0, 0.1) is 5.82 Å². The molecule has 0 amide bonds. The molecule has 0 N–H and O–H groups in total. The smallest absolute Gasteiger partial charge is 0.363 e. The second kappa shape index (κ2) is 9.12. The van der Waals surface area contributed by atoms with E-state index >= 15 is 0 Å². The molecule has 3 rings (SSSR count). The predicted molar refractivity (Wildman–Crippen MR) is 103 cm³/mol. The van der Waals surface area contributed by atoms with Gasteiger partial charge in [-0.3, -0.25) is 0 Å². The molecule has 0 aliphatic carbocycles. The molecule has 1 heterocycles. The van der Waals surface area contributed by atoms with Crippen molar-refractivity contribution in [1.82, 2.24) is 0 Å². The number of halogens is 1. The van der Waals surface area contributed by atoms with Crippen LogP contribution in [-0.4, -0.2) is 18.5 Å². The summed E-state index contributed by atoms with van der Waals surface area (Å²) in [5.74, 6) is -0.0520. The van der Waals surface area contributed by atoms with Crippen LogP contribution in [0.15, 0.2) is 59.2 Å². The van der Waals surface area contributed by atoms with Gasteiger partial charge in [-0.2, -0.15) is 0 Å². The highest BCUT2D eigenvalue weighted by Crippen LogP contribution is 2.21. The van der Waals surface area contributed by atoms with Gasteiger partial charge < -0.3 is 9.47 Å². The molecule has 2 aromatic rings. The van der Waals surface area contributed by atoms with E-state index in [0.29, 0.717) is 12.2 Å². The lowest BCUT2D eigenvalue weighted by Gasteiger charge is -2.06. The first-order chi connectivity index (χ1) is 13.2. The molecule has 0 bridgehead atoms. The zero-order valence-electron chi connectivity index (χ0n) is 15.3. The molecule has 0 radical (unpaired) electrons. The highest BCUT2D eigenvalue weighted by Gasteiger charge is 2.24. The van der Waals surface area contributed by atoms with E-state index in [4.69, 9.17) is 9.47 Å². The molecule has 0 saturated heterocycles. The lowest BCUT2D eigenvalue weighted by atomic mass is 10.2. The fourth-order valence-electron chi connectivity index (χ4n) is 2.69. The summed E-state index contributed by atoms with van der Waals surface area (Å²) in [4.78, 5) is 16.2. The number of nitrogens with zero attached hydrogens (tertiary/aromatic N) is 1. The summed E-state index contributed by atoms with van der Waals surface area (Å²) >= 11 is 0. The molecule has 0 unspecified atom stereocenters. The number of aliphatic imine (C=N–C) groups is 1. The van der Waals surface area contributed by atoms with Crippen LogP contribution < -0.4 is 4.74 Å². The Bertz CT molecular complexity index is 856. The van der Waals surface area contributed by atoms with Crippen molar-refractivity contribution in [2.45, 2.75) is 32.6 Å². The molecule has 0 spiro atoms. The Morgan fingerprint density at radius 2 is 1.93 bits per heavy atom. The van der Waals surface area contributed by atoms with Crippen LogP contribution in [0.4, 0.5) is 4.39 Å². The molecule has 140 valence electrons. The molecular formula is C22H22FNO3. The summed E-state index contributed by atoms with van der Waals surface area (Å²) in [7, 11) is 0. The third-order valence-corrected chi connectivity index (χ3v) is 4.14. The summed E-state index contributed by atoms with van der Waals surface area (Å²) < 4.78 is 24.2. The number of carbonyl (C=O) groups is 1.